The minimum atomic E-state index is -0.105. The Balaban J connectivity index is 2.02. The molecule has 0 aliphatic carbocycles. The zero-order valence-electron chi connectivity index (χ0n) is 14.0. The Morgan fingerprint density at radius 3 is 2.46 bits per heavy atom. The first kappa shape index (κ1) is 18.3. The lowest BCUT2D eigenvalue weighted by atomic mass is 10.1. The van der Waals surface area contributed by atoms with E-state index in [1.165, 1.54) is 0 Å². The van der Waals surface area contributed by atoms with Crippen LogP contribution in [0, 0.1) is 0 Å². The molecule has 0 aromatic heterocycles. The van der Waals surface area contributed by atoms with Gasteiger partial charge in [-0.1, -0.05) is 28.9 Å². The average molecular weight is 392 g/mol. The zero-order valence-corrected chi connectivity index (χ0v) is 15.6. The van der Waals surface area contributed by atoms with Crippen molar-refractivity contribution >= 4 is 21.8 Å². The van der Waals surface area contributed by atoms with E-state index in [-0.39, 0.29) is 5.91 Å². The minimum Gasteiger partial charge on any atom is -0.490 e. The molecule has 24 heavy (non-hydrogen) atoms. The first-order valence-corrected chi connectivity index (χ1v) is 8.85. The van der Waals surface area contributed by atoms with E-state index in [4.69, 9.17) is 9.47 Å². The number of benzene rings is 2. The Morgan fingerprint density at radius 1 is 1.04 bits per heavy atom. The van der Waals surface area contributed by atoms with Crippen molar-refractivity contribution in [3.63, 3.8) is 0 Å². The molecule has 0 saturated carbocycles. The van der Waals surface area contributed by atoms with Crippen molar-refractivity contribution in [1.29, 1.82) is 0 Å². The van der Waals surface area contributed by atoms with E-state index >= 15 is 0 Å². The van der Waals surface area contributed by atoms with E-state index in [9.17, 15) is 4.79 Å². The minimum absolute atomic E-state index is 0.105. The molecular formula is C19H22BrNO3. The number of nitrogens with one attached hydrogen (secondary N) is 1. The standard InChI is InChI=1S/C19H22BrNO3/c1-3-11-24-17-10-5-14(12-18(17)23-4-2)13-21-19(22)15-6-8-16(20)9-7-15/h5-10,12H,3-4,11,13H2,1-2H3,(H,21,22). The molecule has 1 N–H and O–H groups in total. The number of halogens is 1. The summed E-state index contributed by atoms with van der Waals surface area (Å²) in [7, 11) is 0. The van der Waals surface area contributed by atoms with Crippen LogP contribution in [0.5, 0.6) is 11.5 Å². The second-order valence-corrected chi connectivity index (χ2v) is 6.17. The van der Waals surface area contributed by atoms with Crippen LogP contribution >= 0.6 is 15.9 Å². The van der Waals surface area contributed by atoms with Crippen molar-refractivity contribution < 1.29 is 14.3 Å². The predicted octanol–water partition coefficient (Wildman–Crippen LogP) is 4.57. The van der Waals surface area contributed by atoms with Crippen molar-refractivity contribution in [2.45, 2.75) is 26.8 Å². The van der Waals surface area contributed by atoms with Crippen LogP contribution < -0.4 is 14.8 Å². The number of amides is 1. The maximum absolute atomic E-state index is 12.2. The van der Waals surface area contributed by atoms with Gasteiger partial charge in [0.25, 0.3) is 5.91 Å². The largest absolute Gasteiger partial charge is 0.490 e. The quantitative estimate of drug-likeness (QED) is 0.716. The summed E-state index contributed by atoms with van der Waals surface area (Å²) < 4.78 is 12.3. The van der Waals surface area contributed by atoms with Gasteiger partial charge in [-0.15, -0.1) is 0 Å². The Labute approximate surface area is 151 Å². The maximum Gasteiger partial charge on any atom is 0.251 e. The second-order valence-electron chi connectivity index (χ2n) is 5.25. The van der Waals surface area contributed by atoms with Crippen molar-refractivity contribution in [3.8, 4) is 11.5 Å². The van der Waals surface area contributed by atoms with Crippen LogP contribution in [0.15, 0.2) is 46.9 Å². The van der Waals surface area contributed by atoms with Gasteiger partial charge >= 0.3 is 0 Å². The lowest BCUT2D eigenvalue weighted by Crippen LogP contribution is -2.22. The molecule has 0 unspecified atom stereocenters. The fourth-order valence-electron chi connectivity index (χ4n) is 2.15. The Kier molecular flexibility index (Phi) is 7.12. The van der Waals surface area contributed by atoms with Crippen molar-refractivity contribution in [3.05, 3.63) is 58.1 Å². The average Bonchev–Trinajstić information content (AvgIpc) is 2.59. The normalized spacial score (nSPS) is 10.3. The summed E-state index contributed by atoms with van der Waals surface area (Å²) in [6, 6.07) is 13.0. The number of rotatable bonds is 8. The molecule has 1 amide bonds. The van der Waals surface area contributed by atoms with Gasteiger partial charge in [-0.2, -0.15) is 0 Å². The molecule has 2 aromatic rings. The highest BCUT2D eigenvalue weighted by Crippen LogP contribution is 2.28. The lowest BCUT2D eigenvalue weighted by molar-refractivity contribution is 0.0951. The van der Waals surface area contributed by atoms with Gasteiger partial charge < -0.3 is 14.8 Å². The van der Waals surface area contributed by atoms with Crippen LogP contribution in [0.2, 0.25) is 0 Å². The number of hydrogen-bond donors (Lipinski definition) is 1. The van der Waals surface area contributed by atoms with Gasteiger partial charge in [0.05, 0.1) is 13.2 Å². The Hall–Kier alpha value is -2.01. The molecule has 2 aromatic carbocycles. The summed E-state index contributed by atoms with van der Waals surface area (Å²) in [4.78, 5) is 12.2. The molecule has 0 heterocycles. The molecule has 0 fully saturated rings. The van der Waals surface area contributed by atoms with E-state index < -0.39 is 0 Å². The molecule has 0 bridgehead atoms. The highest BCUT2D eigenvalue weighted by molar-refractivity contribution is 9.10. The van der Waals surface area contributed by atoms with Crippen molar-refractivity contribution in [1.82, 2.24) is 5.32 Å². The summed E-state index contributed by atoms with van der Waals surface area (Å²) in [5.41, 5.74) is 1.60. The number of carbonyl (C=O) groups is 1. The lowest BCUT2D eigenvalue weighted by Gasteiger charge is -2.13. The molecule has 0 atom stereocenters. The summed E-state index contributed by atoms with van der Waals surface area (Å²) >= 11 is 3.36. The van der Waals surface area contributed by atoms with Crippen LogP contribution in [0.4, 0.5) is 0 Å². The summed E-state index contributed by atoms with van der Waals surface area (Å²) in [5.74, 6) is 1.34. The molecule has 0 saturated heterocycles. The molecule has 128 valence electrons. The van der Waals surface area contributed by atoms with E-state index in [1.807, 2.05) is 37.3 Å². The van der Waals surface area contributed by atoms with Crippen molar-refractivity contribution in [2.24, 2.45) is 0 Å². The van der Waals surface area contributed by atoms with Crippen LogP contribution in [-0.4, -0.2) is 19.1 Å². The summed E-state index contributed by atoms with van der Waals surface area (Å²) in [5, 5.41) is 2.92. The molecule has 4 nitrogen and oxygen atoms in total. The summed E-state index contributed by atoms with van der Waals surface area (Å²) in [6.45, 7) is 5.65. The molecule has 2 rings (SSSR count). The van der Waals surface area contributed by atoms with Crippen molar-refractivity contribution in [2.75, 3.05) is 13.2 Å². The van der Waals surface area contributed by atoms with Gasteiger partial charge in [0, 0.05) is 16.6 Å². The van der Waals surface area contributed by atoms with Crippen LogP contribution in [0.25, 0.3) is 0 Å². The molecule has 0 radical (unpaired) electrons. The van der Waals surface area contributed by atoms with Gasteiger partial charge in [-0.3, -0.25) is 4.79 Å². The van der Waals surface area contributed by atoms with Gasteiger partial charge in [0.2, 0.25) is 0 Å². The monoisotopic (exact) mass is 391 g/mol. The smallest absolute Gasteiger partial charge is 0.251 e. The second kappa shape index (κ2) is 9.33. The van der Waals surface area contributed by atoms with E-state index in [2.05, 4.69) is 28.2 Å². The number of hydrogen-bond acceptors (Lipinski definition) is 3. The zero-order chi connectivity index (χ0) is 17.4. The maximum atomic E-state index is 12.2. The number of ether oxygens (including phenoxy) is 2. The van der Waals surface area contributed by atoms with Crippen LogP contribution in [-0.2, 0) is 6.54 Å². The van der Waals surface area contributed by atoms with Gasteiger partial charge in [-0.05, 0) is 55.3 Å². The van der Waals surface area contributed by atoms with Gasteiger partial charge in [0.1, 0.15) is 0 Å². The fraction of sp³-hybridized carbons (Fsp3) is 0.316. The molecule has 0 spiro atoms. The van der Waals surface area contributed by atoms with Crippen LogP contribution in [0.3, 0.4) is 0 Å². The highest BCUT2D eigenvalue weighted by atomic mass is 79.9. The highest BCUT2D eigenvalue weighted by Gasteiger charge is 2.09. The topological polar surface area (TPSA) is 47.6 Å². The van der Waals surface area contributed by atoms with Gasteiger partial charge in [-0.25, -0.2) is 0 Å². The number of carbonyl (C=O) groups excluding carboxylic acids is 1. The Morgan fingerprint density at radius 2 is 1.79 bits per heavy atom. The Bertz CT molecular complexity index is 671. The fourth-order valence-corrected chi connectivity index (χ4v) is 2.41. The van der Waals surface area contributed by atoms with E-state index in [1.54, 1.807) is 12.1 Å². The van der Waals surface area contributed by atoms with E-state index in [0.29, 0.717) is 31.1 Å². The SMILES string of the molecule is CCCOc1ccc(CNC(=O)c2ccc(Br)cc2)cc1OCC. The molecular weight excluding hydrogens is 370 g/mol. The van der Waals surface area contributed by atoms with Gasteiger partial charge in [0.15, 0.2) is 11.5 Å². The van der Waals surface area contributed by atoms with Crippen LogP contribution in [0.1, 0.15) is 36.2 Å². The third kappa shape index (κ3) is 5.27. The first-order valence-electron chi connectivity index (χ1n) is 8.06. The predicted molar refractivity (Wildman–Crippen MR) is 98.7 cm³/mol. The third-order valence-electron chi connectivity index (χ3n) is 3.33. The first-order chi connectivity index (χ1) is 11.6. The molecule has 0 aliphatic heterocycles. The summed E-state index contributed by atoms with van der Waals surface area (Å²) in [6.07, 6.45) is 0.941. The molecule has 5 heteroatoms. The third-order valence-corrected chi connectivity index (χ3v) is 3.86. The van der Waals surface area contributed by atoms with E-state index in [0.717, 1.165) is 22.2 Å². The molecule has 0 aliphatic rings.